The van der Waals surface area contributed by atoms with E-state index in [4.69, 9.17) is 0 Å². The molecule has 3 rings (SSSR count). The molecule has 16 heavy (non-hydrogen) atoms. The van der Waals surface area contributed by atoms with Gasteiger partial charge in [-0.1, -0.05) is 30.5 Å². The lowest BCUT2D eigenvalue weighted by Gasteiger charge is -2.19. The van der Waals surface area contributed by atoms with Crippen LogP contribution in [0.25, 0.3) is 0 Å². The molecule has 1 fully saturated rings. The zero-order valence-electron chi connectivity index (χ0n) is 9.62. The first kappa shape index (κ1) is 9.88. The third-order valence-electron chi connectivity index (χ3n) is 3.94. The summed E-state index contributed by atoms with van der Waals surface area (Å²) in [5, 5.41) is 3.15. The van der Waals surface area contributed by atoms with Crippen molar-refractivity contribution in [1.29, 1.82) is 0 Å². The molecule has 1 N–H and O–H groups in total. The third-order valence-corrected chi connectivity index (χ3v) is 3.94. The Morgan fingerprint density at radius 3 is 2.75 bits per heavy atom. The lowest BCUT2D eigenvalue weighted by Crippen LogP contribution is -2.24. The fraction of sp³-hybridized carbons (Fsp3) is 0.500. The molecular weight excluding hydrogens is 198 g/mol. The molecule has 84 valence electrons. The van der Waals surface area contributed by atoms with Crippen LogP contribution in [0.5, 0.6) is 0 Å². The minimum absolute atomic E-state index is 0.118. The van der Waals surface area contributed by atoms with Crippen molar-refractivity contribution >= 4 is 5.91 Å². The zero-order chi connectivity index (χ0) is 11.1. The second-order valence-corrected chi connectivity index (χ2v) is 5.09. The van der Waals surface area contributed by atoms with Crippen molar-refractivity contribution in [2.24, 2.45) is 5.92 Å². The number of rotatable bonds is 1. The molecule has 1 amide bonds. The Labute approximate surface area is 96.1 Å². The first-order valence-electron chi connectivity index (χ1n) is 6.17. The first-order valence-corrected chi connectivity index (χ1v) is 6.17. The van der Waals surface area contributed by atoms with Gasteiger partial charge in [0.1, 0.15) is 0 Å². The lowest BCUT2D eigenvalue weighted by molar-refractivity contribution is 0.0946. The molecule has 0 radical (unpaired) electrons. The van der Waals surface area contributed by atoms with Gasteiger partial charge in [0.15, 0.2) is 0 Å². The van der Waals surface area contributed by atoms with E-state index in [0.29, 0.717) is 5.92 Å². The fourth-order valence-electron chi connectivity index (χ4n) is 3.11. The highest BCUT2D eigenvalue weighted by molar-refractivity contribution is 5.99. The topological polar surface area (TPSA) is 29.1 Å². The molecule has 2 nitrogen and oxygen atoms in total. The van der Waals surface area contributed by atoms with E-state index >= 15 is 0 Å². The SMILES string of the molecule is Cc1ccc2c(c1)C(C1CCCC1)NC2=O. The molecule has 1 aromatic carbocycles. The highest BCUT2D eigenvalue weighted by Crippen LogP contribution is 2.40. The molecule has 1 unspecified atom stereocenters. The summed E-state index contributed by atoms with van der Waals surface area (Å²) >= 11 is 0. The number of hydrogen-bond acceptors (Lipinski definition) is 1. The van der Waals surface area contributed by atoms with Crippen molar-refractivity contribution in [1.82, 2.24) is 5.32 Å². The summed E-state index contributed by atoms with van der Waals surface area (Å²) in [4.78, 5) is 11.8. The second kappa shape index (κ2) is 3.62. The van der Waals surface area contributed by atoms with E-state index < -0.39 is 0 Å². The molecule has 0 bridgehead atoms. The van der Waals surface area contributed by atoms with Gasteiger partial charge >= 0.3 is 0 Å². The van der Waals surface area contributed by atoms with Crippen LogP contribution in [0.4, 0.5) is 0 Å². The van der Waals surface area contributed by atoms with Crippen LogP contribution in [0.2, 0.25) is 0 Å². The van der Waals surface area contributed by atoms with Gasteiger partial charge in [-0.05, 0) is 37.3 Å². The Balaban J connectivity index is 1.99. The number of fused-ring (bicyclic) bond motifs is 1. The van der Waals surface area contributed by atoms with Crippen LogP contribution < -0.4 is 5.32 Å². The molecule has 1 heterocycles. The highest BCUT2D eigenvalue weighted by atomic mass is 16.2. The predicted molar refractivity (Wildman–Crippen MR) is 63.3 cm³/mol. The minimum atomic E-state index is 0.118. The van der Waals surface area contributed by atoms with Crippen LogP contribution in [-0.2, 0) is 0 Å². The normalized spacial score (nSPS) is 24.6. The van der Waals surface area contributed by atoms with Crippen LogP contribution in [0.3, 0.4) is 0 Å². The lowest BCUT2D eigenvalue weighted by atomic mass is 9.91. The number of carbonyl (C=O) groups is 1. The van der Waals surface area contributed by atoms with Crippen LogP contribution in [0, 0.1) is 12.8 Å². The largest absolute Gasteiger partial charge is 0.345 e. The third kappa shape index (κ3) is 1.44. The van der Waals surface area contributed by atoms with Gasteiger partial charge in [0.05, 0.1) is 6.04 Å². The van der Waals surface area contributed by atoms with Crippen LogP contribution in [-0.4, -0.2) is 5.91 Å². The number of carbonyl (C=O) groups excluding carboxylic acids is 1. The summed E-state index contributed by atoms with van der Waals surface area (Å²) in [7, 11) is 0. The summed E-state index contributed by atoms with van der Waals surface area (Å²) in [6, 6.07) is 6.45. The van der Waals surface area contributed by atoms with Crippen LogP contribution >= 0.6 is 0 Å². The van der Waals surface area contributed by atoms with Gasteiger partial charge in [0.2, 0.25) is 0 Å². The highest BCUT2D eigenvalue weighted by Gasteiger charge is 2.35. The van der Waals surface area contributed by atoms with Crippen LogP contribution in [0.1, 0.15) is 53.2 Å². The maximum Gasteiger partial charge on any atom is 0.252 e. The molecule has 1 saturated carbocycles. The molecule has 2 heteroatoms. The van der Waals surface area contributed by atoms with E-state index in [1.165, 1.54) is 36.8 Å². The zero-order valence-corrected chi connectivity index (χ0v) is 9.62. The molecular formula is C14H17NO. The van der Waals surface area contributed by atoms with E-state index in [-0.39, 0.29) is 11.9 Å². The molecule has 0 aromatic heterocycles. The number of benzene rings is 1. The number of amides is 1. The van der Waals surface area contributed by atoms with Gasteiger partial charge in [0.25, 0.3) is 5.91 Å². The molecule has 2 aliphatic rings. The number of hydrogen-bond donors (Lipinski definition) is 1. The summed E-state index contributed by atoms with van der Waals surface area (Å²) < 4.78 is 0. The van der Waals surface area contributed by atoms with E-state index in [1.54, 1.807) is 0 Å². The number of aryl methyl sites for hydroxylation is 1. The van der Waals surface area contributed by atoms with Gasteiger partial charge < -0.3 is 5.32 Å². The Morgan fingerprint density at radius 1 is 1.25 bits per heavy atom. The smallest absolute Gasteiger partial charge is 0.252 e. The van der Waals surface area contributed by atoms with Crippen molar-refractivity contribution in [2.45, 2.75) is 38.6 Å². The molecule has 1 aromatic rings. The molecule has 1 aliphatic carbocycles. The van der Waals surface area contributed by atoms with E-state index in [9.17, 15) is 4.79 Å². The average molecular weight is 215 g/mol. The maximum atomic E-state index is 11.8. The number of nitrogens with one attached hydrogen (secondary N) is 1. The first-order chi connectivity index (χ1) is 7.75. The van der Waals surface area contributed by atoms with Crippen molar-refractivity contribution in [2.75, 3.05) is 0 Å². The van der Waals surface area contributed by atoms with Crippen molar-refractivity contribution in [3.05, 3.63) is 34.9 Å². The van der Waals surface area contributed by atoms with Crippen molar-refractivity contribution in [3.63, 3.8) is 0 Å². The van der Waals surface area contributed by atoms with Gasteiger partial charge in [-0.2, -0.15) is 0 Å². The Hall–Kier alpha value is -1.31. The maximum absolute atomic E-state index is 11.8. The molecule has 0 spiro atoms. The fourth-order valence-corrected chi connectivity index (χ4v) is 3.11. The van der Waals surface area contributed by atoms with Crippen molar-refractivity contribution in [3.8, 4) is 0 Å². The minimum Gasteiger partial charge on any atom is -0.345 e. The van der Waals surface area contributed by atoms with Gasteiger partial charge in [-0.15, -0.1) is 0 Å². The summed E-state index contributed by atoms with van der Waals surface area (Å²) in [5.74, 6) is 0.777. The Morgan fingerprint density at radius 2 is 2.00 bits per heavy atom. The van der Waals surface area contributed by atoms with Crippen molar-refractivity contribution < 1.29 is 4.79 Å². The molecule has 0 saturated heterocycles. The second-order valence-electron chi connectivity index (χ2n) is 5.09. The van der Waals surface area contributed by atoms with E-state index in [1.807, 2.05) is 12.1 Å². The average Bonchev–Trinajstić information content (AvgIpc) is 2.86. The summed E-state index contributed by atoms with van der Waals surface area (Å²) in [5.41, 5.74) is 3.37. The molecule has 1 atom stereocenters. The van der Waals surface area contributed by atoms with Gasteiger partial charge in [-0.3, -0.25) is 4.79 Å². The standard InChI is InChI=1S/C14H17NO/c1-9-6-7-11-12(8-9)13(15-14(11)16)10-4-2-3-5-10/h6-8,10,13H,2-5H2,1H3,(H,15,16). The Kier molecular flexibility index (Phi) is 2.23. The predicted octanol–water partition coefficient (Wildman–Crippen LogP) is 2.97. The quantitative estimate of drug-likeness (QED) is 0.766. The Bertz CT molecular complexity index is 432. The van der Waals surface area contributed by atoms with E-state index in [0.717, 1.165) is 5.56 Å². The summed E-state index contributed by atoms with van der Waals surface area (Å²) in [6.45, 7) is 2.09. The monoisotopic (exact) mass is 215 g/mol. The van der Waals surface area contributed by atoms with Gasteiger partial charge in [-0.25, -0.2) is 0 Å². The van der Waals surface area contributed by atoms with Crippen LogP contribution in [0.15, 0.2) is 18.2 Å². The van der Waals surface area contributed by atoms with Gasteiger partial charge in [0, 0.05) is 5.56 Å². The summed E-state index contributed by atoms with van der Waals surface area (Å²) in [6.07, 6.45) is 5.16. The molecule has 1 aliphatic heterocycles. The van der Waals surface area contributed by atoms with E-state index in [2.05, 4.69) is 18.3 Å².